The number of guanidine groups is 1. The lowest BCUT2D eigenvalue weighted by Crippen LogP contribution is -2.47. The summed E-state index contributed by atoms with van der Waals surface area (Å²) in [4.78, 5) is 20.9. The van der Waals surface area contributed by atoms with Gasteiger partial charge in [0.1, 0.15) is 0 Å². The topological polar surface area (TPSA) is 57.2 Å². The number of likely N-dealkylation sites (tertiary alicyclic amines) is 1. The Balaban J connectivity index is 1.82. The second-order valence-corrected chi connectivity index (χ2v) is 5.67. The van der Waals surface area contributed by atoms with Crippen molar-refractivity contribution in [1.29, 1.82) is 0 Å². The number of hydrogen-bond donors (Lipinski definition) is 1. The highest BCUT2D eigenvalue weighted by Gasteiger charge is 2.17. The van der Waals surface area contributed by atoms with Gasteiger partial charge in [-0.15, -0.1) is 6.58 Å². The third-order valence-corrected chi connectivity index (χ3v) is 4.01. The monoisotopic (exact) mass is 308 g/mol. The Bertz CT molecular complexity index is 386. The fourth-order valence-corrected chi connectivity index (χ4v) is 2.77. The van der Waals surface area contributed by atoms with Crippen molar-refractivity contribution < 1.29 is 9.53 Å². The highest BCUT2D eigenvalue weighted by molar-refractivity contribution is 5.81. The molecule has 0 aromatic heterocycles. The molecule has 1 amide bonds. The largest absolute Gasteiger partial charge is 0.378 e. The van der Waals surface area contributed by atoms with Crippen molar-refractivity contribution in [1.82, 2.24) is 15.1 Å². The molecule has 0 aromatic carbocycles. The lowest BCUT2D eigenvalue weighted by molar-refractivity contribution is -0.131. The van der Waals surface area contributed by atoms with Crippen molar-refractivity contribution in [2.45, 2.75) is 25.7 Å². The van der Waals surface area contributed by atoms with E-state index in [1.54, 1.807) is 0 Å². The molecule has 0 atom stereocenters. The van der Waals surface area contributed by atoms with E-state index >= 15 is 0 Å². The number of piperidine rings is 1. The molecule has 6 nitrogen and oxygen atoms in total. The van der Waals surface area contributed by atoms with Gasteiger partial charge in [-0.25, -0.2) is 0 Å². The zero-order valence-electron chi connectivity index (χ0n) is 13.4. The number of hydrogen-bond acceptors (Lipinski definition) is 3. The maximum Gasteiger partial charge on any atom is 0.224 e. The van der Waals surface area contributed by atoms with Gasteiger partial charge >= 0.3 is 0 Å². The first-order valence-corrected chi connectivity index (χ1v) is 8.31. The minimum atomic E-state index is 0.230. The van der Waals surface area contributed by atoms with Gasteiger partial charge < -0.3 is 19.9 Å². The number of amides is 1. The standard InChI is InChI=1S/C16H28N4O2/c1-2-7-17-16(20-11-13-22-14-12-20)18-8-6-15(21)19-9-4-3-5-10-19/h2H,1,3-14H2,(H,17,18). The molecule has 1 N–H and O–H groups in total. The van der Waals surface area contributed by atoms with E-state index in [1.165, 1.54) is 6.42 Å². The summed E-state index contributed by atoms with van der Waals surface area (Å²) in [5.74, 6) is 1.09. The summed E-state index contributed by atoms with van der Waals surface area (Å²) in [5, 5.41) is 3.27. The van der Waals surface area contributed by atoms with Gasteiger partial charge in [0.2, 0.25) is 5.91 Å². The molecule has 0 spiro atoms. The molecule has 22 heavy (non-hydrogen) atoms. The quantitative estimate of drug-likeness (QED) is 0.465. The number of nitrogens with zero attached hydrogens (tertiary/aromatic N) is 3. The molecule has 124 valence electrons. The van der Waals surface area contributed by atoms with Crippen LogP contribution in [0.1, 0.15) is 25.7 Å². The molecule has 0 radical (unpaired) electrons. The number of ether oxygens (including phenoxy) is 1. The molecular weight excluding hydrogens is 280 g/mol. The first-order valence-electron chi connectivity index (χ1n) is 8.31. The molecule has 0 aliphatic carbocycles. The minimum absolute atomic E-state index is 0.230. The van der Waals surface area contributed by atoms with Crippen LogP contribution in [0.25, 0.3) is 0 Å². The van der Waals surface area contributed by atoms with Crippen molar-refractivity contribution in [2.75, 3.05) is 52.5 Å². The highest BCUT2D eigenvalue weighted by Crippen LogP contribution is 2.09. The average molecular weight is 308 g/mol. The molecule has 0 aromatic rings. The molecule has 2 fully saturated rings. The molecule has 2 aliphatic heterocycles. The van der Waals surface area contributed by atoms with Gasteiger partial charge in [-0.05, 0) is 19.3 Å². The van der Waals surface area contributed by atoms with Crippen LogP contribution in [0.15, 0.2) is 17.6 Å². The fraction of sp³-hybridized carbons (Fsp3) is 0.750. The summed E-state index contributed by atoms with van der Waals surface area (Å²) < 4.78 is 5.37. The van der Waals surface area contributed by atoms with E-state index in [0.29, 0.717) is 19.5 Å². The van der Waals surface area contributed by atoms with Crippen molar-refractivity contribution in [3.8, 4) is 0 Å². The van der Waals surface area contributed by atoms with Crippen molar-refractivity contribution >= 4 is 11.9 Å². The Kier molecular flexibility index (Phi) is 7.22. The van der Waals surface area contributed by atoms with Crippen molar-refractivity contribution in [2.24, 2.45) is 4.99 Å². The molecule has 2 rings (SSSR count). The van der Waals surface area contributed by atoms with E-state index in [9.17, 15) is 4.79 Å². The lowest BCUT2D eigenvalue weighted by atomic mass is 10.1. The Morgan fingerprint density at radius 1 is 1.14 bits per heavy atom. The maximum atomic E-state index is 12.2. The zero-order chi connectivity index (χ0) is 15.6. The van der Waals surface area contributed by atoms with Crippen LogP contribution < -0.4 is 5.32 Å². The first-order chi connectivity index (χ1) is 10.8. The summed E-state index contributed by atoms with van der Waals surface area (Å²) in [6, 6.07) is 0. The molecule has 0 bridgehead atoms. The molecule has 6 heteroatoms. The minimum Gasteiger partial charge on any atom is -0.378 e. The zero-order valence-corrected chi connectivity index (χ0v) is 13.4. The second kappa shape index (κ2) is 9.46. The number of morpholine rings is 1. The van der Waals surface area contributed by atoms with Crippen LogP contribution in [0.4, 0.5) is 0 Å². The van der Waals surface area contributed by atoms with E-state index in [2.05, 4.69) is 21.8 Å². The number of carbonyl (C=O) groups is 1. The number of nitrogens with one attached hydrogen (secondary N) is 1. The van der Waals surface area contributed by atoms with Crippen LogP contribution in [0.3, 0.4) is 0 Å². The van der Waals surface area contributed by atoms with Gasteiger partial charge in [-0.2, -0.15) is 0 Å². The van der Waals surface area contributed by atoms with E-state index in [4.69, 9.17) is 4.74 Å². The molecular formula is C16H28N4O2. The normalized spacial score (nSPS) is 19.9. The third kappa shape index (κ3) is 5.33. The van der Waals surface area contributed by atoms with E-state index in [-0.39, 0.29) is 5.91 Å². The molecule has 2 saturated heterocycles. The van der Waals surface area contributed by atoms with Crippen molar-refractivity contribution in [3.05, 3.63) is 12.7 Å². The van der Waals surface area contributed by atoms with Gasteiger partial charge in [0.25, 0.3) is 0 Å². The Hall–Kier alpha value is -1.56. The SMILES string of the molecule is C=CCNC(=NCCC(=O)N1CCCCC1)N1CCOCC1. The maximum absolute atomic E-state index is 12.2. The molecule has 2 heterocycles. The number of carbonyl (C=O) groups excluding carboxylic acids is 1. The third-order valence-electron chi connectivity index (χ3n) is 4.01. The summed E-state index contributed by atoms with van der Waals surface area (Å²) in [6.07, 6.45) is 5.82. The van der Waals surface area contributed by atoms with Gasteiger partial charge in [-0.3, -0.25) is 9.79 Å². The molecule has 0 unspecified atom stereocenters. The molecule has 0 saturated carbocycles. The van der Waals surface area contributed by atoms with Gasteiger partial charge in [-0.1, -0.05) is 6.08 Å². The molecule has 2 aliphatic rings. The predicted molar refractivity (Wildman–Crippen MR) is 87.9 cm³/mol. The van der Waals surface area contributed by atoms with Crippen LogP contribution in [-0.2, 0) is 9.53 Å². The highest BCUT2D eigenvalue weighted by atomic mass is 16.5. The summed E-state index contributed by atoms with van der Waals surface area (Å²) in [7, 11) is 0. The first kappa shape index (κ1) is 16.8. The van der Waals surface area contributed by atoms with E-state index in [0.717, 1.165) is 58.2 Å². The second-order valence-electron chi connectivity index (χ2n) is 5.67. The Morgan fingerprint density at radius 3 is 2.55 bits per heavy atom. The Morgan fingerprint density at radius 2 is 1.86 bits per heavy atom. The van der Waals surface area contributed by atoms with Crippen LogP contribution in [0.2, 0.25) is 0 Å². The van der Waals surface area contributed by atoms with Gasteiger partial charge in [0, 0.05) is 39.1 Å². The van der Waals surface area contributed by atoms with Crippen LogP contribution in [0, 0.1) is 0 Å². The smallest absolute Gasteiger partial charge is 0.224 e. The van der Waals surface area contributed by atoms with Crippen LogP contribution >= 0.6 is 0 Å². The van der Waals surface area contributed by atoms with Gasteiger partial charge in [0.05, 0.1) is 19.8 Å². The fourth-order valence-electron chi connectivity index (χ4n) is 2.77. The summed E-state index contributed by atoms with van der Waals surface area (Å²) in [6.45, 7) is 9.88. The van der Waals surface area contributed by atoms with Gasteiger partial charge in [0.15, 0.2) is 5.96 Å². The Labute approximate surface area is 133 Å². The van der Waals surface area contributed by atoms with E-state index in [1.807, 2.05) is 11.0 Å². The summed E-state index contributed by atoms with van der Waals surface area (Å²) in [5.41, 5.74) is 0. The summed E-state index contributed by atoms with van der Waals surface area (Å²) >= 11 is 0. The van der Waals surface area contributed by atoms with Crippen LogP contribution in [0.5, 0.6) is 0 Å². The number of aliphatic imine (C=N–C) groups is 1. The number of rotatable bonds is 5. The van der Waals surface area contributed by atoms with E-state index < -0.39 is 0 Å². The predicted octanol–water partition coefficient (Wildman–Crippen LogP) is 0.853. The lowest BCUT2D eigenvalue weighted by Gasteiger charge is -2.30. The van der Waals surface area contributed by atoms with Crippen molar-refractivity contribution in [3.63, 3.8) is 0 Å². The van der Waals surface area contributed by atoms with Crippen LogP contribution in [-0.4, -0.2) is 74.1 Å². The average Bonchev–Trinajstić information content (AvgIpc) is 2.59.